The molecule has 2 aromatic carbocycles. The molecule has 168 valence electrons. The van der Waals surface area contributed by atoms with Crippen molar-refractivity contribution in [1.82, 2.24) is 9.80 Å². The zero-order chi connectivity index (χ0) is 22.9. The van der Waals surface area contributed by atoms with Crippen molar-refractivity contribution in [2.75, 3.05) is 18.4 Å². The van der Waals surface area contributed by atoms with Crippen LogP contribution in [0, 0.1) is 5.82 Å². The molecule has 0 bridgehead atoms. The normalized spacial score (nSPS) is 10.6. The van der Waals surface area contributed by atoms with Crippen molar-refractivity contribution in [3.05, 3.63) is 89.1 Å². The van der Waals surface area contributed by atoms with E-state index >= 15 is 0 Å². The first-order valence-corrected chi connectivity index (χ1v) is 10.7. The molecule has 0 saturated carbocycles. The minimum Gasteiger partial charge on any atom is -0.467 e. The van der Waals surface area contributed by atoms with E-state index in [2.05, 4.69) is 5.32 Å². The zero-order valence-electron chi connectivity index (χ0n) is 17.8. The highest BCUT2D eigenvalue weighted by Gasteiger charge is 2.22. The van der Waals surface area contributed by atoms with Crippen LogP contribution in [-0.4, -0.2) is 34.8 Å². The first-order chi connectivity index (χ1) is 15.4. The fraction of sp³-hybridized carbons (Fsp3) is 0.250. The maximum atomic E-state index is 13.3. The summed E-state index contributed by atoms with van der Waals surface area (Å²) in [7, 11) is 0. The lowest BCUT2D eigenvalue weighted by Gasteiger charge is -2.27. The fourth-order valence-corrected chi connectivity index (χ4v) is 3.28. The lowest BCUT2D eigenvalue weighted by molar-refractivity contribution is -0.133. The molecule has 0 aliphatic heterocycles. The number of urea groups is 1. The van der Waals surface area contributed by atoms with Crippen molar-refractivity contribution < 1.29 is 18.4 Å². The average Bonchev–Trinajstić information content (AvgIpc) is 3.29. The van der Waals surface area contributed by atoms with Gasteiger partial charge in [-0.3, -0.25) is 4.79 Å². The fourth-order valence-electron chi connectivity index (χ4n) is 3.15. The van der Waals surface area contributed by atoms with Gasteiger partial charge in [0.2, 0.25) is 5.91 Å². The number of amides is 3. The number of anilines is 1. The molecule has 0 spiro atoms. The van der Waals surface area contributed by atoms with Crippen molar-refractivity contribution in [1.29, 1.82) is 0 Å². The minimum atomic E-state index is -0.373. The van der Waals surface area contributed by atoms with Gasteiger partial charge in [-0.15, -0.1) is 0 Å². The molecule has 0 saturated heterocycles. The third kappa shape index (κ3) is 6.85. The smallest absolute Gasteiger partial charge is 0.322 e. The summed E-state index contributed by atoms with van der Waals surface area (Å²) in [6.07, 6.45) is 2.23. The van der Waals surface area contributed by atoms with E-state index in [0.717, 1.165) is 5.56 Å². The Morgan fingerprint density at radius 2 is 1.72 bits per heavy atom. The number of nitrogens with one attached hydrogen (secondary N) is 1. The number of rotatable bonds is 9. The summed E-state index contributed by atoms with van der Waals surface area (Å²) in [6, 6.07) is 15.9. The number of benzene rings is 2. The van der Waals surface area contributed by atoms with Gasteiger partial charge in [0, 0.05) is 23.8 Å². The average molecular weight is 458 g/mol. The predicted octanol–water partition coefficient (Wildman–Crippen LogP) is 5.55. The Bertz CT molecular complexity index is 1010. The molecule has 0 unspecified atom stereocenters. The van der Waals surface area contributed by atoms with Crippen molar-refractivity contribution in [3.63, 3.8) is 0 Å². The summed E-state index contributed by atoms with van der Waals surface area (Å²) < 4.78 is 18.7. The Labute approximate surface area is 191 Å². The number of nitrogens with zero attached hydrogens (tertiary/aromatic N) is 2. The molecule has 0 radical (unpaired) electrons. The van der Waals surface area contributed by atoms with E-state index in [-0.39, 0.29) is 37.4 Å². The largest absolute Gasteiger partial charge is 0.467 e. The standard InChI is InChI=1S/C24H25ClFN3O3/c1-2-13-28(24(31)27-21-11-7-19(25)8-12-21)17-23(30)29(16-22-4-3-14-32-22)15-18-5-9-20(26)10-6-18/h3-12,14H,2,13,15-17H2,1H3,(H,27,31). The van der Waals surface area contributed by atoms with Crippen molar-refractivity contribution >= 4 is 29.2 Å². The molecular weight excluding hydrogens is 433 g/mol. The monoisotopic (exact) mass is 457 g/mol. The van der Waals surface area contributed by atoms with Crippen LogP contribution in [0.15, 0.2) is 71.3 Å². The number of carbonyl (C=O) groups is 2. The van der Waals surface area contributed by atoms with Crippen LogP contribution in [0.3, 0.4) is 0 Å². The van der Waals surface area contributed by atoms with Crippen LogP contribution < -0.4 is 5.32 Å². The molecule has 1 aromatic heterocycles. The summed E-state index contributed by atoms with van der Waals surface area (Å²) in [6.45, 7) is 2.75. The van der Waals surface area contributed by atoms with E-state index in [1.807, 2.05) is 6.92 Å². The summed E-state index contributed by atoms with van der Waals surface area (Å²) in [4.78, 5) is 29.1. The molecule has 0 aliphatic carbocycles. The number of hydrogen-bond acceptors (Lipinski definition) is 3. The summed E-state index contributed by atoms with van der Waals surface area (Å²) in [5.41, 5.74) is 1.37. The van der Waals surface area contributed by atoms with Gasteiger partial charge < -0.3 is 19.5 Å². The van der Waals surface area contributed by atoms with Gasteiger partial charge in [-0.2, -0.15) is 0 Å². The van der Waals surface area contributed by atoms with Crippen molar-refractivity contribution in [2.24, 2.45) is 0 Å². The van der Waals surface area contributed by atoms with Crippen molar-refractivity contribution in [2.45, 2.75) is 26.4 Å². The molecule has 0 aliphatic rings. The van der Waals surface area contributed by atoms with Crippen LogP contribution in [0.25, 0.3) is 0 Å². The van der Waals surface area contributed by atoms with Gasteiger partial charge in [0.15, 0.2) is 0 Å². The summed E-state index contributed by atoms with van der Waals surface area (Å²) in [5, 5.41) is 3.36. The Morgan fingerprint density at radius 3 is 2.34 bits per heavy atom. The number of halogens is 2. The Morgan fingerprint density at radius 1 is 1.00 bits per heavy atom. The molecular formula is C24H25ClFN3O3. The number of carbonyl (C=O) groups excluding carboxylic acids is 2. The molecule has 6 nitrogen and oxygen atoms in total. The maximum absolute atomic E-state index is 13.3. The highest BCUT2D eigenvalue weighted by Crippen LogP contribution is 2.15. The van der Waals surface area contributed by atoms with Crippen LogP contribution in [0.5, 0.6) is 0 Å². The van der Waals surface area contributed by atoms with E-state index in [0.29, 0.717) is 29.4 Å². The third-order valence-corrected chi connectivity index (χ3v) is 5.02. The number of furan rings is 1. The van der Waals surface area contributed by atoms with Gasteiger partial charge in [0.1, 0.15) is 18.1 Å². The van der Waals surface area contributed by atoms with Crippen LogP contribution in [0.4, 0.5) is 14.9 Å². The molecule has 3 amide bonds. The van der Waals surface area contributed by atoms with Crippen LogP contribution in [-0.2, 0) is 17.9 Å². The lowest BCUT2D eigenvalue weighted by Crippen LogP contribution is -2.44. The van der Waals surface area contributed by atoms with Crippen molar-refractivity contribution in [3.8, 4) is 0 Å². The van der Waals surface area contributed by atoms with Gasteiger partial charge in [0.05, 0.1) is 12.8 Å². The van der Waals surface area contributed by atoms with E-state index < -0.39 is 0 Å². The van der Waals surface area contributed by atoms with E-state index in [1.54, 1.807) is 59.7 Å². The summed E-state index contributed by atoms with van der Waals surface area (Å²) >= 11 is 5.90. The van der Waals surface area contributed by atoms with E-state index in [1.165, 1.54) is 17.0 Å². The first kappa shape index (κ1) is 23.3. The SMILES string of the molecule is CCCN(CC(=O)N(Cc1ccc(F)cc1)Cc1ccco1)C(=O)Nc1ccc(Cl)cc1. The quantitative estimate of drug-likeness (QED) is 0.458. The maximum Gasteiger partial charge on any atom is 0.322 e. The summed E-state index contributed by atoms with van der Waals surface area (Å²) in [5.74, 6) is 0.0317. The topological polar surface area (TPSA) is 65.8 Å². The third-order valence-electron chi connectivity index (χ3n) is 4.77. The molecule has 3 aromatic rings. The molecule has 1 heterocycles. The molecule has 32 heavy (non-hydrogen) atoms. The van der Waals surface area contributed by atoms with E-state index in [9.17, 15) is 14.0 Å². The van der Waals surface area contributed by atoms with Gasteiger partial charge in [0.25, 0.3) is 0 Å². The molecule has 0 atom stereocenters. The molecule has 1 N–H and O–H groups in total. The van der Waals surface area contributed by atoms with Crippen LogP contribution >= 0.6 is 11.6 Å². The number of hydrogen-bond donors (Lipinski definition) is 1. The lowest BCUT2D eigenvalue weighted by atomic mass is 10.2. The van der Waals surface area contributed by atoms with Gasteiger partial charge >= 0.3 is 6.03 Å². The highest BCUT2D eigenvalue weighted by molar-refractivity contribution is 6.30. The predicted molar refractivity (Wildman–Crippen MR) is 122 cm³/mol. The molecule has 0 fully saturated rings. The Kier molecular flexibility index (Phi) is 8.27. The minimum absolute atomic E-state index is 0.102. The Hall–Kier alpha value is -3.32. The van der Waals surface area contributed by atoms with Crippen LogP contribution in [0.1, 0.15) is 24.7 Å². The zero-order valence-corrected chi connectivity index (χ0v) is 18.5. The second-order valence-electron chi connectivity index (χ2n) is 7.31. The van der Waals surface area contributed by atoms with Gasteiger partial charge in [-0.05, 0) is 60.5 Å². The first-order valence-electron chi connectivity index (χ1n) is 10.3. The van der Waals surface area contributed by atoms with Crippen LogP contribution in [0.2, 0.25) is 5.02 Å². The highest BCUT2D eigenvalue weighted by atomic mass is 35.5. The second kappa shape index (κ2) is 11.3. The van der Waals surface area contributed by atoms with E-state index in [4.69, 9.17) is 16.0 Å². The van der Waals surface area contributed by atoms with Gasteiger partial charge in [-0.25, -0.2) is 9.18 Å². The molecule has 3 rings (SSSR count). The molecule has 8 heteroatoms. The second-order valence-corrected chi connectivity index (χ2v) is 7.75. The Balaban J connectivity index is 1.72. The van der Waals surface area contributed by atoms with Gasteiger partial charge in [-0.1, -0.05) is 30.7 Å².